The van der Waals surface area contributed by atoms with Gasteiger partial charge in [0.15, 0.2) is 0 Å². The molecule has 0 saturated carbocycles. The molecule has 1 aromatic heterocycles. The van der Waals surface area contributed by atoms with E-state index in [-0.39, 0.29) is 49.7 Å². The molecule has 2 saturated heterocycles. The van der Waals surface area contributed by atoms with Gasteiger partial charge < -0.3 is 24.5 Å². The minimum atomic E-state index is -0.985. The molecule has 3 heterocycles. The first-order chi connectivity index (χ1) is 24.8. The van der Waals surface area contributed by atoms with Crippen LogP contribution in [-0.4, -0.2) is 82.0 Å². The van der Waals surface area contributed by atoms with E-state index < -0.39 is 5.97 Å². The highest BCUT2D eigenvalue weighted by Crippen LogP contribution is 2.33. The van der Waals surface area contributed by atoms with Gasteiger partial charge in [0, 0.05) is 49.5 Å². The van der Waals surface area contributed by atoms with E-state index >= 15 is 0 Å². The summed E-state index contributed by atoms with van der Waals surface area (Å²) < 4.78 is 5.52. The van der Waals surface area contributed by atoms with Crippen molar-refractivity contribution in [3.8, 4) is 5.75 Å². The highest BCUT2D eigenvalue weighted by Gasteiger charge is 2.41. The van der Waals surface area contributed by atoms with Gasteiger partial charge in [-0.15, -0.1) is 0 Å². The summed E-state index contributed by atoms with van der Waals surface area (Å²) in [7, 11) is 1.63. The highest BCUT2D eigenvalue weighted by molar-refractivity contribution is 6.30. The van der Waals surface area contributed by atoms with Crippen molar-refractivity contribution >= 4 is 35.3 Å². The van der Waals surface area contributed by atoms with Gasteiger partial charge in [0.2, 0.25) is 11.9 Å². The number of halogens is 1. The van der Waals surface area contributed by atoms with Crippen molar-refractivity contribution in [3.63, 3.8) is 0 Å². The molecular weight excluding hydrogens is 666 g/mol. The molecular formula is C40H44ClN5O5. The molecule has 2 aliphatic rings. The van der Waals surface area contributed by atoms with E-state index in [2.05, 4.69) is 9.80 Å². The first-order valence-electron chi connectivity index (χ1n) is 17.6. The minimum absolute atomic E-state index is 0.0262. The molecule has 4 aromatic rings. The molecule has 1 N–H and O–H groups in total. The summed E-state index contributed by atoms with van der Waals surface area (Å²) in [6.45, 7) is 2.28. The van der Waals surface area contributed by atoms with E-state index in [1.165, 1.54) is 0 Å². The Kier molecular flexibility index (Phi) is 11.8. The number of aromatic nitrogens is 2. The lowest BCUT2D eigenvalue weighted by Crippen LogP contribution is -2.45. The average molecular weight is 710 g/mol. The van der Waals surface area contributed by atoms with E-state index in [0.717, 1.165) is 42.5 Å². The molecule has 2 atom stereocenters. The van der Waals surface area contributed by atoms with Crippen molar-refractivity contribution in [2.24, 2.45) is 5.92 Å². The normalized spacial score (nSPS) is 17.1. The van der Waals surface area contributed by atoms with Crippen molar-refractivity contribution in [1.82, 2.24) is 19.8 Å². The third-order valence-corrected chi connectivity index (χ3v) is 10.2. The van der Waals surface area contributed by atoms with Crippen LogP contribution in [0.3, 0.4) is 0 Å². The molecule has 6 rings (SSSR count). The van der Waals surface area contributed by atoms with Gasteiger partial charge >= 0.3 is 5.97 Å². The van der Waals surface area contributed by atoms with Gasteiger partial charge in [-0.05, 0) is 60.9 Å². The number of anilines is 1. The molecule has 0 bridgehead atoms. The number of nitrogens with zero attached hydrogens (tertiary/aromatic N) is 5. The molecule has 2 fully saturated rings. The van der Waals surface area contributed by atoms with Crippen molar-refractivity contribution in [3.05, 3.63) is 118 Å². The van der Waals surface area contributed by atoms with Crippen LogP contribution in [0.1, 0.15) is 58.4 Å². The fraction of sp³-hybridized carbons (Fsp3) is 0.375. The van der Waals surface area contributed by atoms with E-state index in [0.29, 0.717) is 53.9 Å². The minimum Gasteiger partial charge on any atom is -0.496 e. The quantitative estimate of drug-likeness (QED) is 0.177. The van der Waals surface area contributed by atoms with E-state index in [9.17, 15) is 19.5 Å². The molecule has 11 heteroatoms. The average Bonchev–Trinajstić information content (AvgIpc) is 3.46. The number of hydrogen-bond acceptors (Lipinski definition) is 7. The van der Waals surface area contributed by atoms with Gasteiger partial charge in [0.1, 0.15) is 5.75 Å². The zero-order chi connectivity index (χ0) is 35.7. The number of ether oxygens (including phenoxy) is 1. The summed E-state index contributed by atoms with van der Waals surface area (Å²) in [6.07, 6.45) is 5.87. The molecule has 0 unspecified atom stereocenters. The summed E-state index contributed by atoms with van der Waals surface area (Å²) in [5.74, 6) is 0.311. The molecule has 266 valence electrons. The van der Waals surface area contributed by atoms with Crippen LogP contribution in [-0.2, 0) is 35.4 Å². The Morgan fingerprint density at radius 3 is 2.47 bits per heavy atom. The van der Waals surface area contributed by atoms with Crippen LogP contribution in [0.15, 0.2) is 85.1 Å². The second-order valence-corrected chi connectivity index (χ2v) is 13.8. The fourth-order valence-corrected chi connectivity index (χ4v) is 7.36. The lowest BCUT2D eigenvalue weighted by molar-refractivity contribution is -0.137. The Balaban J connectivity index is 1.26. The number of fused-ring (bicyclic) bond motifs is 1. The van der Waals surface area contributed by atoms with Crippen molar-refractivity contribution < 1.29 is 24.2 Å². The lowest BCUT2D eigenvalue weighted by atomic mass is 9.98. The first kappa shape index (κ1) is 35.9. The van der Waals surface area contributed by atoms with Gasteiger partial charge in [-0.2, -0.15) is 0 Å². The van der Waals surface area contributed by atoms with Gasteiger partial charge in [-0.25, -0.2) is 9.97 Å². The number of methoxy groups -OCH3 is 1. The van der Waals surface area contributed by atoms with Gasteiger partial charge in [-0.3, -0.25) is 14.4 Å². The van der Waals surface area contributed by atoms with Crippen LogP contribution < -0.4 is 9.64 Å². The van der Waals surface area contributed by atoms with Gasteiger partial charge in [-0.1, -0.05) is 78.7 Å². The number of likely N-dealkylation sites (tertiary alicyclic amines) is 1. The third-order valence-electron chi connectivity index (χ3n) is 9.92. The first-order valence-corrected chi connectivity index (χ1v) is 18.0. The maximum absolute atomic E-state index is 14.2. The van der Waals surface area contributed by atoms with E-state index in [1.54, 1.807) is 30.3 Å². The van der Waals surface area contributed by atoms with Crippen molar-refractivity contribution in [1.29, 1.82) is 0 Å². The number of carboxylic acids is 1. The number of para-hydroxylation sites is 1. The number of benzene rings is 3. The standard InChI is InChI=1S/C40H44ClN5O5/c1-51-36-13-6-5-11-30(36)23-37(47)46-21-8-7-12-31-26-45(27-35(31)46)40-42-24-33(34(43-40)19-16-28-9-3-2-4-10-28)39(50)44(22-20-38(48)49)25-29-14-17-32(41)18-15-29/h2-6,9-11,13-15,17-18,24,31,35H,7-8,12,16,19-23,25-27H2,1H3,(H,48,49)/t31-,35+/m1/s1. The van der Waals surface area contributed by atoms with E-state index in [1.807, 2.05) is 66.7 Å². The number of aryl methyl sites for hydroxylation is 2. The van der Waals surface area contributed by atoms with Gasteiger partial charge in [0.05, 0.1) is 37.3 Å². The maximum atomic E-state index is 14.2. The van der Waals surface area contributed by atoms with Crippen LogP contribution in [0.4, 0.5) is 5.95 Å². The summed E-state index contributed by atoms with van der Waals surface area (Å²) in [5, 5.41) is 10.1. The number of carbonyl (C=O) groups is 3. The summed E-state index contributed by atoms with van der Waals surface area (Å²) in [4.78, 5) is 55.1. The second kappa shape index (κ2) is 16.8. The number of aliphatic carboxylic acids is 1. The molecule has 3 aromatic carbocycles. The van der Waals surface area contributed by atoms with E-state index in [4.69, 9.17) is 26.3 Å². The van der Waals surface area contributed by atoms with Crippen LogP contribution in [0.2, 0.25) is 5.02 Å². The monoisotopic (exact) mass is 709 g/mol. The van der Waals surface area contributed by atoms with Crippen LogP contribution in [0.25, 0.3) is 0 Å². The van der Waals surface area contributed by atoms with Crippen molar-refractivity contribution in [2.75, 3.05) is 38.2 Å². The highest BCUT2D eigenvalue weighted by atomic mass is 35.5. The Morgan fingerprint density at radius 2 is 1.71 bits per heavy atom. The Labute approximate surface area is 304 Å². The molecule has 2 aliphatic heterocycles. The number of hydrogen-bond donors (Lipinski definition) is 1. The Morgan fingerprint density at radius 1 is 0.941 bits per heavy atom. The zero-order valence-corrected chi connectivity index (χ0v) is 29.7. The third kappa shape index (κ3) is 9.05. The maximum Gasteiger partial charge on any atom is 0.305 e. The number of amides is 2. The Bertz CT molecular complexity index is 1820. The predicted molar refractivity (Wildman–Crippen MR) is 196 cm³/mol. The lowest BCUT2D eigenvalue weighted by Gasteiger charge is -2.30. The molecule has 0 radical (unpaired) electrons. The number of carboxylic acid groups (broad SMARTS) is 1. The SMILES string of the molecule is COc1ccccc1CC(=O)N1CCCC[C@@H]2CN(c3ncc(C(=O)N(CCC(=O)O)Cc4ccc(Cl)cc4)c(CCc4ccccc4)n3)C[C@@H]21. The fourth-order valence-electron chi connectivity index (χ4n) is 7.23. The molecule has 51 heavy (non-hydrogen) atoms. The molecule has 10 nitrogen and oxygen atoms in total. The Hall–Kier alpha value is -4.96. The smallest absolute Gasteiger partial charge is 0.305 e. The van der Waals surface area contributed by atoms with Gasteiger partial charge in [0.25, 0.3) is 5.91 Å². The number of rotatable bonds is 13. The summed E-state index contributed by atoms with van der Waals surface area (Å²) in [5.41, 5.74) is 3.80. The molecule has 0 aliphatic carbocycles. The van der Waals surface area contributed by atoms with Crippen LogP contribution in [0.5, 0.6) is 5.75 Å². The number of carbonyl (C=O) groups excluding carboxylic acids is 2. The summed E-state index contributed by atoms with van der Waals surface area (Å²) in [6, 6.07) is 24.9. The largest absolute Gasteiger partial charge is 0.496 e. The summed E-state index contributed by atoms with van der Waals surface area (Å²) >= 11 is 6.10. The van der Waals surface area contributed by atoms with Crippen molar-refractivity contribution in [2.45, 2.75) is 57.5 Å². The molecule has 0 spiro atoms. The molecule has 2 amide bonds. The predicted octanol–water partition coefficient (Wildman–Crippen LogP) is 6.10. The topological polar surface area (TPSA) is 116 Å². The second-order valence-electron chi connectivity index (χ2n) is 13.3. The van der Waals surface area contributed by atoms with Crippen LogP contribution >= 0.6 is 11.6 Å². The van der Waals surface area contributed by atoms with Crippen LogP contribution in [0, 0.1) is 5.92 Å². The zero-order valence-electron chi connectivity index (χ0n) is 28.9.